The van der Waals surface area contributed by atoms with E-state index in [4.69, 9.17) is 5.11 Å². The summed E-state index contributed by atoms with van der Waals surface area (Å²) < 4.78 is 1.99. The fourth-order valence-corrected chi connectivity index (χ4v) is 1.64. The Labute approximate surface area is 91.5 Å². The summed E-state index contributed by atoms with van der Waals surface area (Å²) in [6, 6.07) is 2.48. The van der Waals surface area contributed by atoms with Gasteiger partial charge in [0.2, 0.25) is 0 Å². The van der Waals surface area contributed by atoms with E-state index in [1.54, 1.807) is 0 Å². The molecule has 1 rings (SSSR count). The first kappa shape index (κ1) is 12.2. The predicted octanol–water partition coefficient (Wildman–Crippen LogP) is 1.11. The third-order valence-corrected chi connectivity index (χ3v) is 2.59. The predicted molar refractivity (Wildman–Crippen MR) is 60.5 cm³/mol. The van der Waals surface area contributed by atoms with Crippen LogP contribution in [0.25, 0.3) is 0 Å². The van der Waals surface area contributed by atoms with Crippen molar-refractivity contribution in [3.63, 3.8) is 0 Å². The van der Waals surface area contributed by atoms with Crippen molar-refractivity contribution in [3.8, 4) is 0 Å². The SMILES string of the molecule is CCn1nccc1CN(CCO)C(C)C. The van der Waals surface area contributed by atoms with Gasteiger partial charge in [0.15, 0.2) is 0 Å². The Morgan fingerprint density at radius 1 is 1.53 bits per heavy atom. The first-order valence-electron chi connectivity index (χ1n) is 5.54. The van der Waals surface area contributed by atoms with E-state index in [-0.39, 0.29) is 6.61 Å². The second kappa shape index (κ2) is 5.88. The average Bonchev–Trinajstić information content (AvgIpc) is 2.64. The monoisotopic (exact) mass is 211 g/mol. The topological polar surface area (TPSA) is 41.3 Å². The van der Waals surface area contributed by atoms with Gasteiger partial charge in [-0.05, 0) is 26.8 Å². The number of hydrogen-bond acceptors (Lipinski definition) is 3. The van der Waals surface area contributed by atoms with Gasteiger partial charge in [-0.15, -0.1) is 0 Å². The Morgan fingerprint density at radius 2 is 2.27 bits per heavy atom. The van der Waals surface area contributed by atoms with Gasteiger partial charge in [-0.3, -0.25) is 9.58 Å². The molecule has 0 radical (unpaired) electrons. The minimum Gasteiger partial charge on any atom is -0.395 e. The van der Waals surface area contributed by atoms with Gasteiger partial charge in [0.05, 0.1) is 12.3 Å². The van der Waals surface area contributed by atoms with E-state index in [2.05, 4.69) is 30.8 Å². The molecular formula is C11H21N3O. The van der Waals surface area contributed by atoms with Crippen LogP contribution in [-0.4, -0.2) is 39.0 Å². The zero-order valence-electron chi connectivity index (χ0n) is 9.85. The molecule has 1 aromatic rings. The van der Waals surface area contributed by atoms with Crippen LogP contribution in [-0.2, 0) is 13.1 Å². The summed E-state index contributed by atoms with van der Waals surface area (Å²) >= 11 is 0. The number of aliphatic hydroxyl groups is 1. The van der Waals surface area contributed by atoms with Crippen LogP contribution in [0, 0.1) is 0 Å². The number of nitrogens with zero attached hydrogens (tertiary/aromatic N) is 3. The number of aromatic nitrogens is 2. The maximum Gasteiger partial charge on any atom is 0.0558 e. The molecule has 0 aliphatic carbocycles. The highest BCUT2D eigenvalue weighted by molar-refractivity contribution is 5.00. The van der Waals surface area contributed by atoms with E-state index in [1.807, 2.05) is 16.9 Å². The zero-order valence-corrected chi connectivity index (χ0v) is 9.85. The van der Waals surface area contributed by atoms with Crippen LogP contribution in [0.15, 0.2) is 12.3 Å². The maximum absolute atomic E-state index is 8.98. The Balaban J connectivity index is 2.65. The van der Waals surface area contributed by atoms with Crippen LogP contribution in [0.4, 0.5) is 0 Å². The third-order valence-electron chi connectivity index (χ3n) is 2.59. The fourth-order valence-electron chi connectivity index (χ4n) is 1.64. The van der Waals surface area contributed by atoms with Crippen LogP contribution >= 0.6 is 0 Å². The van der Waals surface area contributed by atoms with Gasteiger partial charge < -0.3 is 5.11 Å². The van der Waals surface area contributed by atoms with E-state index >= 15 is 0 Å². The summed E-state index contributed by atoms with van der Waals surface area (Å²) in [6.07, 6.45) is 1.83. The van der Waals surface area contributed by atoms with Crippen molar-refractivity contribution in [2.24, 2.45) is 0 Å². The second-order valence-corrected chi connectivity index (χ2v) is 3.93. The molecule has 0 saturated heterocycles. The van der Waals surface area contributed by atoms with Crippen molar-refractivity contribution in [1.82, 2.24) is 14.7 Å². The second-order valence-electron chi connectivity index (χ2n) is 3.93. The lowest BCUT2D eigenvalue weighted by atomic mass is 10.3. The molecule has 0 atom stereocenters. The van der Waals surface area contributed by atoms with Gasteiger partial charge in [0, 0.05) is 31.9 Å². The Bertz CT molecular complexity index is 283. The molecule has 0 spiro atoms. The molecule has 0 unspecified atom stereocenters. The smallest absolute Gasteiger partial charge is 0.0558 e. The maximum atomic E-state index is 8.98. The molecule has 1 heterocycles. The van der Waals surface area contributed by atoms with Gasteiger partial charge in [-0.2, -0.15) is 5.10 Å². The van der Waals surface area contributed by atoms with Crippen molar-refractivity contribution in [1.29, 1.82) is 0 Å². The molecule has 15 heavy (non-hydrogen) atoms. The molecule has 0 saturated carbocycles. The molecular weight excluding hydrogens is 190 g/mol. The third kappa shape index (κ3) is 3.32. The van der Waals surface area contributed by atoms with Crippen molar-refractivity contribution in [3.05, 3.63) is 18.0 Å². The minimum atomic E-state index is 0.207. The molecule has 0 amide bonds. The van der Waals surface area contributed by atoms with Crippen molar-refractivity contribution in [2.75, 3.05) is 13.2 Å². The summed E-state index contributed by atoms with van der Waals surface area (Å²) in [5, 5.41) is 13.2. The molecule has 4 heteroatoms. The Hall–Kier alpha value is -0.870. The molecule has 0 aromatic carbocycles. The van der Waals surface area contributed by atoms with Gasteiger partial charge in [-0.25, -0.2) is 0 Å². The fraction of sp³-hybridized carbons (Fsp3) is 0.727. The van der Waals surface area contributed by atoms with Crippen LogP contribution in [0.3, 0.4) is 0 Å². The molecule has 0 aliphatic heterocycles. The van der Waals surface area contributed by atoms with E-state index < -0.39 is 0 Å². The average molecular weight is 211 g/mol. The van der Waals surface area contributed by atoms with Gasteiger partial charge >= 0.3 is 0 Å². The van der Waals surface area contributed by atoms with Crippen molar-refractivity contribution >= 4 is 0 Å². The number of aliphatic hydroxyl groups excluding tert-OH is 1. The molecule has 86 valence electrons. The Kier molecular flexibility index (Phi) is 4.78. The highest BCUT2D eigenvalue weighted by Crippen LogP contribution is 2.07. The standard InChI is InChI=1S/C11H21N3O/c1-4-14-11(5-6-12-14)9-13(7-8-15)10(2)3/h5-6,10,15H,4,7-9H2,1-3H3. The van der Waals surface area contributed by atoms with E-state index in [9.17, 15) is 0 Å². The van der Waals surface area contributed by atoms with E-state index in [0.29, 0.717) is 12.6 Å². The molecule has 4 nitrogen and oxygen atoms in total. The van der Waals surface area contributed by atoms with E-state index in [0.717, 1.165) is 13.1 Å². The van der Waals surface area contributed by atoms with Gasteiger partial charge in [-0.1, -0.05) is 0 Å². The van der Waals surface area contributed by atoms with Crippen molar-refractivity contribution in [2.45, 2.75) is 39.9 Å². The largest absolute Gasteiger partial charge is 0.395 e. The lowest BCUT2D eigenvalue weighted by molar-refractivity contribution is 0.156. The molecule has 0 bridgehead atoms. The highest BCUT2D eigenvalue weighted by atomic mass is 16.3. The van der Waals surface area contributed by atoms with Gasteiger partial charge in [0.25, 0.3) is 0 Å². The summed E-state index contributed by atoms with van der Waals surface area (Å²) in [6.45, 7) is 9.04. The minimum absolute atomic E-state index is 0.207. The number of aryl methyl sites for hydroxylation is 1. The quantitative estimate of drug-likeness (QED) is 0.766. The number of hydrogen-bond donors (Lipinski definition) is 1. The first-order valence-corrected chi connectivity index (χ1v) is 5.54. The summed E-state index contributed by atoms with van der Waals surface area (Å²) in [4.78, 5) is 2.24. The van der Waals surface area contributed by atoms with Gasteiger partial charge in [0.1, 0.15) is 0 Å². The lowest BCUT2D eigenvalue weighted by Gasteiger charge is -2.25. The van der Waals surface area contributed by atoms with Crippen LogP contribution in [0.1, 0.15) is 26.5 Å². The summed E-state index contributed by atoms with van der Waals surface area (Å²) in [5.41, 5.74) is 1.21. The van der Waals surface area contributed by atoms with Crippen LogP contribution in [0.2, 0.25) is 0 Å². The lowest BCUT2D eigenvalue weighted by Crippen LogP contribution is -2.33. The Morgan fingerprint density at radius 3 is 2.80 bits per heavy atom. The summed E-state index contributed by atoms with van der Waals surface area (Å²) in [5.74, 6) is 0. The normalized spacial score (nSPS) is 11.6. The molecule has 0 fully saturated rings. The molecule has 1 aromatic heterocycles. The highest BCUT2D eigenvalue weighted by Gasteiger charge is 2.11. The number of rotatable bonds is 6. The zero-order chi connectivity index (χ0) is 11.3. The van der Waals surface area contributed by atoms with Crippen LogP contribution < -0.4 is 0 Å². The summed E-state index contributed by atoms with van der Waals surface area (Å²) in [7, 11) is 0. The molecule has 1 N–H and O–H groups in total. The molecule has 0 aliphatic rings. The van der Waals surface area contributed by atoms with Crippen LogP contribution in [0.5, 0.6) is 0 Å². The van der Waals surface area contributed by atoms with E-state index in [1.165, 1.54) is 5.69 Å². The van der Waals surface area contributed by atoms with Crippen molar-refractivity contribution < 1.29 is 5.11 Å². The first-order chi connectivity index (χ1) is 7.19.